The highest BCUT2D eigenvalue weighted by atomic mass is 35.5. The lowest BCUT2D eigenvalue weighted by molar-refractivity contribution is 0.0490. The molecule has 3 aromatic rings. The molecule has 1 unspecified atom stereocenters. The lowest BCUT2D eigenvalue weighted by atomic mass is 9.95. The van der Waals surface area contributed by atoms with Crippen LogP contribution in [-0.4, -0.2) is 32.2 Å². The molecule has 0 heterocycles. The van der Waals surface area contributed by atoms with E-state index in [1.54, 1.807) is 75.4 Å². The predicted octanol–water partition coefficient (Wildman–Crippen LogP) is 6.51. The Labute approximate surface area is 215 Å². The van der Waals surface area contributed by atoms with Crippen molar-refractivity contribution in [1.82, 2.24) is 5.32 Å². The van der Waals surface area contributed by atoms with Crippen LogP contribution in [0.2, 0.25) is 10.0 Å². The van der Waals surface area contributed by atoms with Crippen LogP contribution in [0.25, 0.3) is 11.1 Å². The Balaban J connectivity index is 2.01. The number of alkyl carbamates (subject to hydrolysis) is 1. The van der Waals surface area contributed by atoms with Crippen LogP contribution in [0, 0.1) is 0 Å². The summed E-state index contributed by atoms with van der Waals surface area (Å²) in [6.45, 7) is 5.16. The van der Waals surface area contributed by atoms with Gasteiger partial charge in [-0.05, 0) is 67.8 Å². The summed E-state index contributed by atoms with van der Waals surface area (Å²) in [5, 5.41) is 3.18. The third-order valence-corrected chi connectivity index (χ3v) is 6.79. The number of carbonyl (C=O) groups is 2. The lowest BCUT2D eigenvalue weighted by Gasteiger charge is -2.23. The summed E-state index contributed by atoms with van der Waals surface area (Å²) in [5.41, 5.74) is 1.25. The van der Waals surface area contributed by atoms with Gasteiger partial charge in [-0.25, -0.2) is 13.2 Å². The molecule has 0 spiro atoms. The molecule has 0 aliphatic carbocycles. The van der Waals surface area contributed by atoms with E-state index >= 15 is 0 Å². The molecule has 0 saturated carbocycles. The molecule has 0 aliphatic rings. The lowest BCUT2D eigenvalue weighted by Crippen LogP contribution is -2.38. The van der Waals surface area contributed by atoms with Gasteiger partial charge in [-0.3, -0.25) is 4.79 Å². The second kappa shape index (κ2) is 10.4. The number of rotatable bonds is 6. The quantitative estimate of drug-likeness (QED) is 0.364. The normalized spacial score (nSPS) is 12.6. The van der Waals surface area contributed by atoms with Crippen LogP contribution in [-0.2, 0) is 14.6 Å². The Hall–Kier alpha value is -2.87. The number of Topliss-reactive ketones (excluding diaryl/α,β-unsaturated/α-hetero) is 1. The van der Waals surface area contributed by atoms with Crippen LogP contribution in [0.5, 0.6) is 0 Å². The van der Waals surface area contributed by atoms with Gasteiger partial charge in [0, 0.05) is 11.8 Å². The maximum absolute atomic E-state index is 13.6. The van der Waals surface area contributed by atoms with Gasteiger partial charge in [0.05, 0.1) is 14.9 Å². The van der Waals surface area contributed by atoms with Crippen molar-refractivity contribution in [2.24, 2.45) is 0 Å². The van der Waals surface area contributed by atoms with Crippen molar-refractivity contribution >= 4 is 44.9 Å². The van der Waals surface area contributed by atoms with E-state index in [1.807, 2.05) is 0 Å². The zero-order chi connectivity index (χ0) is 26.0. The monoisotopic (exact) mass is 533 g/mol. The van der Waals surface area contributed by atoms with E-state index < -0.39 is 33.4 Å². The highest BCUT2D eigenvalue weighted by Crippen LogP contribution is 2.29. The van der Waals surface area contributed by atoms with Gasteiger partial charge in [0.25, 0.3) is 0 Å². The van der Waals surface area contributed by atoms with Gasteiger partial charge < -0.3 is 10.1 Å². The molecule has 184 valence electrons. The van der Waals surface area contributed by atoms with E-state index in [4.69, 9.17) is 27.9 Å². The number of nitrogens with one attached hydrogen (secondary N) is 1. The molecule has 0 aromatic heterocycles. The highest BCUT2D eigenvalue weighted by Gasteiger charge is 2.27. The topological polar surface area (TPSA) is 89.5 Å². The summed E-state index contributed by atoms with van der Waals surface area (Å²) in [4.78, 5) is 26.3. The van der Waals surface area contributed by atoms with Crippen LogP contribution in [0.3, 0.4) is 0 Å². The van der Waals surface area contributed by atoms with Gasteiger partial charge in [-0.15, -0.1) is 0 Å². The molecule has 35 heavy (non-hydrogen) atoms. The summed E-state index contributed by atoms with van der Waals surface area (Å²) < 4.78 is 29.3. The fourth-order valence-electron chi connectivity index (χ4n) is 3.34. The van der Waals surface area contributed by atoms with Gasteiger partial charge in [0.2, 0.25) is 0 Å². The second-order valence-electron chi connectivity index (χ2n) is 9.00. The summed E-state index contributed by atoms with van der Waals surface area (Å²) in [6.07, 6.45) is 0.370. The Bertz CT molecular complexity index is 1380. The number of ether oxygens (including phenoxy) is 1. The number of halogens is 2. The molecule has 0 aliphatic heterocycles. The minimum Gasteiger partial charge on any atom is -0.444 e. The summed E-state index contributed by atoms with van der Waals surface area (Å²) >= 11 is 12.2. The van der Waals surface area contributed by atoms with Crippen LogP contribution in [0.1, 0.15) is 42.7 Å². The number of amides is 1. The van der Waals surface area contributed by atoms with Crippen molar-refractivity contribution in [3.8, 4) is 11.1 Å². The van der Waals surface area contributed by atoms with Crippen LogP contribution in [0.15, 0.2) is 71.6 Å². The van der Waals surface area contributed by atoms with E-state index in [1.165, 1.54) is 12.1 Å². The van der Waals surface area contributed by atoms with Crippen molar-refractivity contribution in [1.29, 1.82) is 0 Å². The molecule has 9 heteroatoms. The number of benzene rings is 3. The number of ketones is 1. The number of carbonyl (C=O) groups excluding carboxylic acids is 2. The summed E-state index contributed by atoms with van der Waals surface area (Å²) in [7, 11) is -3.40. The van der Waals surface area contributed by atoms with Crippen molar-refractivity contribution in [3.63, 3.8) is 0 Å². The Morgan fingerprint density at radius 3 is 2.11 bits per heavy atom. The van der Waals surface area contributed by atoms with E-state index in [9.17, 15) is 18.0 Å². The maximum atomic E-state index is 13.6. The molecule has 0 radical (unpaired) electrons. The first-order chi connectivity index (χ1) is 16.2. The van der Waals surface area contributed by atoms with Crippen molar-refractivity contribution in [2.45, 2.75) is 37.3 Å². The molecule has 6 nitrogen and oxygen atoms in total. The molecule has 0 bridgehead atoms. The van der Waals surface area contributed by atoms with E-state index in [0.29, 0.717) is 27.3 Å². The largest absolute Gasteiger partial charge is 0.444 e. The average molecular weight is 534 g/mol. The number of hydrogen-bond donors (Lipinski definition) is 1. The minimum atomic E-state index is -3.40. The van der Waals surface area contributed by atoms with Crippen molar-refractivity contribution in [2.75, 3.05) is 6.26 Å². The Morgan fingerprint density at radius 2 is 1.51 bits per heavy atom. The molecule has 3 aromatic carbocycles. The van der Waals surface area contributed by atoms with E-state index in [-0.39, 0.29) is 9.92 Å². The first-order valence-electron chi connectivity index (χ1n) is 10.6. The number of hydrogen-bond acceptors (Lipinski definition) is 5. The minimum absolute atomic E-state index is 0.173. The van der Waals surface area contributed by atoms with Gasteiger partial charge in [-0.1, -0.05) is 59.6 Å². The average Bonchev–Trinajstić information content (AvgIpc) is 2.77. The van der Waals surface area contributed by atoms with Gasteiger partial charge in [0.1, 0.15) is 11.6 Å². The zero-order valence-corrected chi connectivity index (χ0v) is 22.0. The van der Waals surface area contributed by atoms with Gasteiger partial charge in [0.15, 0.2) is 15.6 Å². The molecular weight excluding hydrogens is 509 g/mol. The predicted molar refractivity (Wildman–Crippen MR) is 138 cm³/mol. The van der Waals surface area contributed by atoms with Crippen LogP contribution < -0.4 is 5.32 Å². The van der Waals surface area contributed by atoms with Gasteiger partial charge in [-0.2, -0.15) is 0 Å². The summed E-state index contributed by atoms with van der Waals surface area (Å²) in [5.74, 6) is -0.407. The van der Waals surface area contributed by atoms with Crippen LogP contribution in [0.4, 0.5) is 4.79 Å². The smallest absolute Gasteiger partial charge is 0.408 e. The SMILES string of the molecule is CC(C)(C)OC(=O)NC(C(=O)c1cccc(-c2cccc(S(C)(=O)=O)c2)c1)c1ccc(Cl)c(Cl)c1. The number of sulfone groups is 1. The maximum Gasteiger partial charge on any atom is 0.408 e. The highest BCUT2D eigenvalue weighted by molar-refractivity contribution is 7.90. The third-order valence-electron chi connectivity index (χ3n) is 4.94. The molecule has 3 rings (SSSR count). The first kappa shape index (κ1) is 26.7. The van der Waals surface area contributed by atoms with Gasteiger partial charge >= 0.3 is 6.09 Å². The molecule has 0 saturated heterocycles. The Morgan fingerprint density at radius 1 is 0.886 bits per heavy atom. The fraction of sp³-hybridized carbons (Fsp3) is 0.231. The summed E-state index contributed by atoms with van der Waals surface area (Å²) in [6, 6.07) is 16.8. The second-order valence-corrected chi connectivity index (χ2v) is 11.8. The Kier molecular flexibility index (Phi) is 7.94. The van der Waals surface area contributed by atoms with Crippen molar-refractivity contribution < 1.29 is 22.7 Å². The van der Waals surface area contributed by atoms with E-state index in [2.05, 4.69) is 5.32 Å². The molecule has 0 fully saturated rings. The molecule has 1 atom stereocenters. The van der Waals surface area contributed by atoms with Crippen molar-refractivity contribution in [3.05, 3.63) is 87.9 Å². The zero-order valence-electron chi connectivity index (χ0n) is 19.6. The van der Waals surface area contributed by atoms with E-state index in [0.717, 1.165) is 6.26 Å². The fourth-order valence-corrected chi connectivity index (χ4v) is 4.32. The standard InChI is InChI=1S/C26H25Cl2NO5S/c1-26(2,3)34-25(31)29-23(18-11-12-21(27)22(28)15-18)24(30)19-9-5-7-16(13-19)17-8-6-10-20(14-17)35(4,32)33/h5-15,23H,1-4H3,(H,29,31). The first-order valence-corrected chi connectivity index (χ1v) is 13.3. The molecule has 1 N–H and O–H groups in total. The third kappa shape index (κ3) is 7.07. The molecule has 1 amide bonds. The molecular formula is C26H25Cl2NO5S. The van der Waals surface area contributed by atoms with Crippen LogP contribution >= 0.6 is 23.2 Å².